The number of aliphatic carboxylic acids is 1. The summed E-state index contributed by atoms with van der Waals surface area (Å²) in [5, 5.41) is 9.01. The summed E-state index contributed by atoms with van der Waals surface area (Å²) in [6.07, 6.45) is 5.53. The fraction of sp³-hybridized carbons (Fsp3) is 0.467. The maximum atomic E-state index is 10.9. The molecule has 3 rings (SSSR count). The van der Waals surface area contributed by atoms with Crippen molar-refractivity contribution in [3.63, 3.8) is 0 Å². The molecule has 0 bridgehead atoms. The molecule has 0 aliphatic heterocycles. The van der Waals surface area contributed by atoms with Crippen LogP contribution in [0.3, 0.4) is 0 Å². The van der Waals surface area contributed by atoms with Gasteiger partial charge in [-0.25, -0.2) is 4.98 Å². The molecule has 0 amide bonds. The van der Waals surface area contributed by atoms with Gasteiger partial charge in [0.15, 0.2) is 0 Å². The number of nitrogens with zero attached hydrogens (tertiary/aromatic N) is 2. The molecule has 1 heterocycles. The van der Waals surface area contributed by atoms with E-state index in [1.54, 1.807) is 0 Å². The lowest BCUT2D eigenvalue weighted by Crippen LogP contribution is -2.23. The fourth-order valence-electron chi connectivity index (χ4n) is 3.03. The second kappa shape index (κ2) is 5.03. The Balaban J connectivity index is 1.68. The maximum absolute atomic E-state index is 10.9. The van der Waals surface area contributed by atoms with Crippen LogP contribution in [0.1, 0.15) is 25.7 Å². The van der Waals surface area contributed by atoms with E-state index in [4.69, 9.17) is 5.11 Å². The van der Waals surface area contributed by atoms with Crippen LogP contribution in [0.5, 0.6) is 0 Å². The molecule has 0 atom stereocenters. The van der Waals surface area contributed by atoms with E-state index in [9.17, 15) is 4.79 Å². The first-order valence-electron chi connectivity index (χ1n) is 6.86. The number of para-hydroxylation sites is 2. The fourth-order valence-corrected chi connectivity index (χ4v) is 3.03. The van der Waals surface area contributed by atoms with Gasteiger partial charge in [-0.05, 0) is 43.7 Å². The summed E-state index contributed by atoms with van der Waals surface area (Å²) >= 11 is 0. The third-order valence-electron chi connectivity index (χ3n) is 4.18. The molecule has 1 N–H and O–H groups in total. The van der Waals surface area contributed by atoms with E-state index in [1.165, 1.54) is 5.52 Å². The normalized spacial score (nSPS) is 23.6. The molecule has 1 fully saturated rings. The molecule has 1 aliphatic carbocycles. The summed E-state index contributed by atoms with van der Waals surface area (Å²) in [6.45, 7) is 0.951. The van der Waals surface area contributed by atoms with Gasteiger partial charge in [0, 0.05) is 6.54 Å². The highest BCUT2D eigenvalue weighted by molar-refractivity contribution is 5.74. The monoisotopic (exact) mass is 258 g/mol. The molecule has 1 aromatic heterocycles. The summed E-state index contributed by atoms with van der Waals surface area (Å²) in [6, 6.07) is 8.14. The van der Waals surface area contributed by atoms with Crippen LogP contribution in [0.4, 0.5) is 0 Å². The quantitative estimate of drug-likeness (QED) is 0.921. The van der Waals surface area contributed by atoms with Crippen molar-refractivity contribution in [2.45, 2.75) is 32.2 Å². The van der Waals surface area contributed by atoms with E-state index >= 15 is 0 Å². The lowest BCUT2D eigenvalue weighted by Gasteiger charge is -2.26. The predicted octanol–water partition coefficient (Wildman–Crippen LogP) is 2.93. The van der Waals surface area contributed by atoms with Crippen LogP contribution in [0.15, 0.2) is 30.6 Å². The zero-order chi connectivity index (χ0) is 13.2. The lowest BCUT2D eigenvalue weighted by molar-refractivity contribution is -0.143. The number of hydrogen-bond donors (Lipinski definition) is 1. The molecule has 0 saturated heterocycles. The van der Waals surface area contributed by atoms with E-state index in [0.717, 1.165) is 37.7 Å². The Kier molecular flexibility index (Phi) is 3.23. The van der Waals surface area contributed by atoms with Crippen LogP contribution in [-0.4, -0.2) is 20.6 Å². The Hall–Kier alpha value is -1.84. The molecule has 1 aromatic carbocycles. The van der Waals surface area contributed by atoms with Crippen molar-refractivity contribution in [2.24, 2.45) is 11.8 Å². The van der Waals surface area contributed by atoms with Gasteiger partial charge in [-0.3, -0.25) is 4.79 Å². The highest BCUT2D eigenvalue weighted by Gasteiger charge is 2.26. The first-order chi connectivity index (χ1) is 9.24. The smallest absolute Gasteiger partial charge is 0.306 e. The first-order valence-corrected chi connectivity index (χ1v) is 6.86. The zero-order valence-electron chi connectivity index (χ0n) is 10.8. The third kappa shape index (κ3) is 2.48. The van der Waals surface area contributed by atoms with Gasteiger partial charge in [-0.1, -0.05) is 12.1 Å². The summed E-state index contributed by atoms with van der Waals surface area (Å²) < 4.78 is 2.20. The Morgan fingerprint density at radius 3 is 2.74 bits per heavy atom. The van der Waals surface area contributed by atoms with Crippen molar-refractivity contribution in [3.8, 4) is 0 Å². The number of carboxylic acid groups (broad SMARTS) is 1. The largest absolute Gasteiger partial charge is 0.481 e. The number of hydrogen-bond acceptors (Lipinski definition) is 2. The standard InChI is InChI=1S/C15H18N2O2/c18-15(19)12-7-5-11(6-8-12)9-17-10-16-13-3-1-2-4-14(13)17/h1-4,10-12H,5-9H2,(H,18,19)/t11-,12-. The van der Waals surface area contributed by atoms with E-state index in [1.807, 2.05) is 24.5 Å². The number of aromatic nitrogens is 2. The van der Waals surface area contributed by atoms with Gasteiger partial charge < -0.3 is 9.67 Å². The SMILES string of the molecule is O=C(O)[C@H]1CC[C@H](Cn2cnc3ccccc32)CC1. The van der Waals surface area contributed by atoms with Crippen molar-refractivity contribution in [1.29, 1.82) is 0 Å². The molecular formula is C15H18N2O2. The Labute approximate surface area is 112 Å². The number of rotatable bonds is 3. The van der Waals surface area contributed by atoms with Crippen molar-refractivity contribution in [1.82, 2.24) is 9.55 Å². The van der Waals surface area contributed by atoms with E-state index in [-0.39, 0.29) is 5.92 Å². The minimum atomic E-state index is -0.633. The second-order valence-corrected chi connectivity index (χ2v) is 5.44. The molecule has 0 radical (unpaired) electrons. The molecule has 2 aromatic rings. The number of imidazole rings is 1. The Morgan fingerprint density at radius 2 is 2.00 bits per heavy atom. The first kappa shape index (κ1) is 12.2. The van der Waals surface area contributed by atoms with Crippen molar-refractivity contribution in [3.05, 3.63) is 30.6 Å². The van der Waals surface area contributed by atoms with Gasteiger partial charge in [0.2, 0.25) is 0 Å². The van der Waals surface area contributed by atoms with Crippen LogP contribution in [0.2, 0.25) is 0 Å². The van der Waals surface area contributed by atoms with Gasteiger partial charge in [-0.2, -0.15) is 0 Å². The van der Waals surface area contributed by atoms with Crippen LogP contribution in [-0.2, 0) is 11.3 Å². The van der Waals surface area contributed by atoms with Crippen LogP contribution in [0.25, 0.3) is 11.0 Å². The van der Waals surface area contributed by atoms with E-state index < -0.39 is 5.97 Å². The number of carbonyl (C=O) groups is 1. The van der Waals surface area contributed by atoms with Gasteiger partial charge in [0.1, 0.15) is 0 Å². The molecule has 4 nitrogen and oxygen atoms in total. The Bertz CT molecular complexity index is 583. The van der Waals surface area contributed by atoms with E-state index in [2.05, 4.69) is 15.6 Å². The molecule has 100 valence electrons. The van der Waals surface area contributed by atoms with Gasteiger partial charge in [0.25, 0.3) is 0 Å². The molecule has 0 spiro atoms. The minimum Gasteiger partial charge on any atom is -0.481 e. The number of benzene rings is 1. The molecule has 1 aliphatic rings. The van der Waals surface area contributed by atoms with Crippen molar-refractivity contribution < 1.29 is 9.90 Å². The molecule has 1 saturated carbocycles. The second-order valence-electron chi connectivity index (χ2n) is 5.44. The highest BCUT2D eigenvalue weighted by atomic mass is 16.4. The summed E-state index contributed by atoms with van der Waals surface area (Å²) in [5.41, 5.74) is 2.20. The lowest BCUT2D eigenvalue weighted by atomic mass is 9.82. The average molecular weight is 258 g/mol. The Morgan fingerprint density at radius 1 is 1.26 bits per heavy atom. The summed E-state index contributed by atoms with van der Waals surface area (Å²) in [7, 11) is 0. The van der Waals surface area contributed by atoms with Crippen molar-refractivity contribution >= 4 is 17.0 Å². The van der Waals surface area contributed by atoms with E-state index in [0.29, 0.717) is 5.92 Å². The minimum absolute atomic E-state index is 0.129. The molecule has 19 heavy (non-hydrogen) atoms. The average Bonchev–Trinajstić information content (AvgIpc) is 2.83. The van der Waals surface area contributed by atoms with Gasteiger partial charge in [-0.15, -0.1) is 0 Å². The van der Waals surface area contributed by atoms with Gasteiger partial charge >= 0.3 is 5.97 Å². The van der Waals surface area contributed by atoms with Gasteiger partial charge in [0.05, 0.1) is 23.3 Å². The third-order valence-corrected chi connectivity index (χ3v) is 4.18. The molecule has 0 unspecified atom stereocenters. The summed E-state index contributed by atoms with van der Waals surface area (Å²) in [5.74, 6) is -0.185. The molecule has 4 heteroatoms. The summed E-state index contributed by atoms with van der Waals surface area (Å²) in [4.78, 5) is 15.3. The predicted molar refractivity (Wildman–Crippen MR) is 72.8 cm³/mol. The number of fused-ring (bicyclic) bond motifs is 1. The zero-order valence-corrected chi connectivity index (χ0v) is 10.8. The van der Waals surface area contributed by atoms with Crippen LogP contribution >= 0.6 is 0 Å². The maximum Gasteiger partial charge on any atom is 0.306 e. The molecular weight excluding hydrogens is 240 g/mol. The van der Waals surface area contributed by atoms with Crippen molar-refractivity contribution in [2.75, 3.05) is 0 Å². The topological polar surface area (TPSA) is 55.1 Å². The number of carboxylic acids is 1. The highest BCUT2D eigenvalue weighted by Crippen LogP contribution is 2.30. The van der Waals surface area contributed by atoms with Crippen LogP contribution in [0, 0.1) is 11.8 Å². The van der Waals surface area contributed by atoms with Crippen LogP contribution < -0.4 is 0 Å².